The van der Waals surface area contributed by atoms with Crippen LogP contribution in [0.4, 0.5) is 16.2 Å². The first-order chi connectivity index (χ1) is 10.5. The van der Waals surface area contributed by atoms with E-state index in [0.29, 0.717) is 11.3 Å². The molecule has 2 aromatic carbocycles. The number of carbonyl (C=O) groups excluding carboxylic acids is 1. The van der Waals surface area contributed by atoms with Gasteiger partial charge in [-0.25, -0.2) is 4.79 Å². The zero-order valence-corrected chi connectivity index (χ0v) is 12.3. The Morgan fingerprint density at radius 1 is 1.18 bits per heavy atom. The summed E-state index contributed by atoms with van der Waals surface area (Å²) < 4.78 is 5.12. The SMILES string of the molecule is Cc1ccc(NC(=O)OCc2ccc([N+](=O)[O-])cc2C)cc1. The molecule has 0 unspecified atom stereocenters. The second-order valence-corrected chi connectivity index (χ2v) is 4.94. The number of nitrogens with zero attached hydrogens (tertiary/aromatic N) is 1. The Morgan fingerprint density at radius 3 is 2.45 bits per heavy atom. The summed E-state index contributed by atoms with van der Waals surface area (Å²) in [5.41, 5.74) is 3.20. The third-order valence-corrected chi connectivity index (χ3v) is 3.19. The molecule has 0 saturated heterocycles. The number of aryl methyl sites for hydroxylation is 2. The van der Waals surface area contributed by atoms with E-state index in [1.165, 1.54) is 12.1 Å². The predicted octanol–water partition coefficient (Wildman–Crippen LogP) is 3.96. The number of nitro groups is 1. The molecule has 0 fully saturated rings. The molecule has 2 aromatic rings. The van der Waals surface area contributed by atoms with Crippen molar-refractivity contribution in [3.05, 3.63) is 69.3 Å². The Bertz CT molecular complexity index is 696. The molecule has 0 saturated carbocycles. The minimum atomic E-state index is -0.568. The number of nitrogens with one attached hydrogen (secondary N) is 1. The number of amides is 1. The summed E-state index contributed by atoms with van der Waals surface area (Å²) in [6.07, 6.45) is -0.568. The van der Waals surface area contributed by atoms with Crippen molar-refractivity contribution < 1.29 is 14.5 Å². The Kier molecular flexibility index (Phi) is 4.73. The minimum Gasteiger partial charge on any atom is -0.444 e. The molecule has 6 nitrogen and oxygen atoms in total. The van der Waals surface area contributed by atoms with Gasteiger partial charge in [-0.2, -0.15) is 0 Å². The third-order valence-electron chi connectivity index (χ3n) is 3.19. The van der Waals surface area contributed by atoms with Gasteiger partial charge in [-0.1, -0.05) is 17.7 Å². The van der Waals surface area contributed by atoms with Gasteiger partial charge in [0.25, 0.3) is 5.69 Å². The molecule has 6 heteroatoms. The lowest BCUT2D eigenvalue weighted by Crippen LogP contribution is -2.13. The van der Waals surface area contributed by atoms with Crippen LogP contribution in [0.3, 0.4) is 0 Å². The largest absolute Gasteiger partial charge is 0.444 e. The topological polar surface area (TPSA) is 81.5 Å². The third kappa shape index (κ3) is 4.05. The average Bonchev–Trinajstić information content (AvgIpc) is 2.48. The molecule has 0 heterocycles. The first-order valence-electron chi connectivity index (χ1n) is 6.70. The van der Waals surface area contributed by atoms with Crippen LogP contribution in [0, 0.1) is 24.0 Å². The van der Waals surface area contributed by atoms with E-state index in [-0.39, 0.29) is 12.3 Å². The van der Waals surface area contributed by atoms with Crippen LogP contribution in [0.5, 0.6) is 0 Å². The number of anilines is 1. The highest BCUT2D eigenvalue weighted by Crippen LogP contribution is 2.18. The fourth-order valence-electron chi connectivity index (χ4n) is 1.89. The maximum Gasteiger partial charge on any atom is 0.411 e. The van der Waals surface area contributed by atoms with Crippen molar-refractivity contribution in [2.24, 2.45) is 0 Å². The van der Waals surface area contributed by atoms with Crippen LogP contribution in [-0.4, -0.2) is 11.0 Å². The monoisotopic (exact) mass is 300 g/mol. The van der Waals surface area contributed by atoms with Gasteiger partial charge in [-0.15, -0.1) is 0 Å². The van der Waals surface area contributed by atoms with E-state index >= 15 is 0 Å². The van der Waals surface area contributed by atoms with Gasteiger partial charge in [0.05, 0.1) is 4.92 Å². The quantitative estimate of drug-likeness (QED) is 0.684. The molecular weight excluding hydrogens is 284 g/mol. The van der Waals surface area contributed by atoms with Crippen LogP contribution < -0.4 is 5.32 Å². The summed E-state index contributed by atoms with van der Waals surface area (Å²) >= 11 is 0. The van der Waals surface area contributed by atoms with Crippen molar-refractivity contribution in [2.45, 2.75) is 20.5 Å². The van der Waals surface area contributed by atoms with Crippen molar-refractivity contribution in [3.8, 4) is 0 Å². The summed E-state index contributed by atoms with van der Waals surface area (Å²) in [5.74, 6) is 0. The zero-order chi connectivity index (χ0) is 16.1. The first kappa shape index (κ1) is 15.5. The number of carbonyl (C=O) groups is 1. The summed E-state index contributed by atoms with van der Waals surface area (Å²) in [6, 6.07) is 11.8. The first-order valence-corrected chi connectivity index (χ1v) is 6.70. The van der Waals surface area contributed by atoms with Crippen molar-refractivity contribution in [1.82, 2.24) is 0 Å². The molecule has 0 aliphatic carbocycles. The predicted molar refractivity (Wildman–Crippen MR) is 82.8 cm³/mol. The van der Waals surface area contributed by atoms with E-state index in [1.54, 1.807) is 25.1 Å². The van der Waals surface area contributed by atoms with Gasteiger partial charge >= 0.3 is 6.09 Å². The Labute approximate surface area is 127 Å². The second kappa shape index (κ2) is 6.71. The molecule has 1 amide bonds. The molecular formula is C16H16N2O4. The summed E-state index contributed by atoms with van der Waals surface area (Å²) in [6.45, 7) is 3.75. The van der Waals surface area contributed by atoms with E-state index in [4.69, 9.17) is 4.74 Å². The lowest BCUT2D eigenvalue weighted by molar-refractivity contribution is -0.384. The second-order valence-electron chi connectivity index (χ2n) is 4.94. The zero-order valence-electron chi connectivity index (χ0n) is 12.3. The van der Waals surface area contributed by atoms with Crippen LogP contribution in [0.25, 0.3) is 0 Å². The summed E-state index contributed by atoms with van der Waals surface area (Å²) in [5, 5.41) is 13.3. The number of nitro benzene ring substituents is 1. The van der Waals surface area contributed by atoms with E-state index in [9.17, 15) is 14.9 Å². The van der Waals surface area contributed by atoms with E-state index < -0.39 is 11.0 Å². The van der Waals surface area contributed by atoms with Crippen LogP contribution in [0.15, 0.2) is 42.5 Å². The van der Waals surface area contributed by atoms with Gasteiger partial charge in [-0.3, -0.25) is 15.4 Å². The molecule has 0 aliphatic rings. The van der Waals surface area contributed by atoms with E-state index in [0.717, 1.165) is 11.1 Å². The number of hydrogen-bond acceptors (Lipinski definition) is 4. The van der Waals surface area contributed by atoms with Crippen molar-refractivity contribution in [2.75, 3.05) is 5.32 Å². The lowest BCUT2D eigenvalue weighted by Gasteiger charge is -2.09. The van der Waals surface area contributed by atoms with Gasteiger partial charge < -0.3 is 4.74 Å². The standard InChI is InChI=1S/C16H16N2O4/c1-11-3-6-14(7-4-11)17-16(19)22-10-13-5-8-15(18(20)21)9-12(13)2/h3-9H,10H2,1-2H3,(H,17,19). The highest BCUT2D eigenvalue weighted by molar-refractivity contribution is 5.84. The maximum absolute atomic E-state index is 11.7. The molecule has 0 radical (unpaired) electrons. The summed E-state index contributed by atoms with van der Waals surface area (Å²) in [7, 11) is 0. The molecule has 0 aliphatic heterocycles. The fraction of sp³-hybridized carbons (Fsp3) is 0.188. The molecule has 0 spiro atoms. The molecule has 22 heavy (non-hydrogen) atoms. The van der Waals surface area contributed by atoms with Crippen molar-refractivity contribution in [3.63, 3.8) is 0 Å². The average molecular weight is 300 g/mol. The molecule has 2 rings (SSSR count). The Hall–Kier alpha value is -2.89. The normalized spacial score (nSPS) is 10.1. The van der Waals surface area contributed by atoms with Crippen LogP contribution in [0.2, 0.25) is 0 Å². The number of hydrogen-bond donors (Lipinski definition) is 1. The van der Waals surface area contributed by atoms with Crippen LogP contribution in [0.1, 0.15) is 16.7 Å². The van der Waals surface area contributed by atoms with Gasteiger partial charge in [0.15, 0.2) is 0 Å². The Morgan fingerprint density at radius 2 is 1.86 bits per heavy atom. The molecule has 0 bridgehead atoms. The summed E-state index contributed by atoms with van der Waals surface area (Å²) in [4.78, 5) is 21.9. The van der Waals surface area contributed by atoms with Gasteiger partial charge in [-0.05, 0) is 43.2 Å². The fourth-order valence-corrected chi connectivity index (χ4v) is 1.89. The number of rotatable bonds is 4. The molecule has 0 atom stereocenters. The van der Waals surface area contributed by atoms with E-state index in [1.807, 2.05) is 19.1 Å². The van der Waals surface area contributed by atoms with Crippen LogP contribution >= 0.6 is 0 Å². The lowest BCUT2D eigenvalue weighted by atomic mass is 10.1. The van der Waals surface area contributed by atoms with Gasteiger partial charge in [0, 0.05) is 17.8 Å². The molecule has 0 aromatic heterocycles. The Balaban J connectivity index is 1.93. The van der Waals surface area contributed by atoms with Crippen molar-refractivity contribution in [1.29, 1.82) is 0 Å². The smallest absolute Gasteiger partial charge is 0.411 e. The van der Waals surface area contributed by atoms with Gasteiger partial charge in [0.2, 0.25) is 0 Å². The minimum absolute atomic E-state index is 0.0188. The van der Waals surface area contributed by atoms with E-state index in [2.05, 4.69) is 5.32 Å². The number of benzene rings is 2. The highest BCUT2D eigenvalue weighted by atomic mass is 16.6. The number of ether oxygens (including phenoxy) is 1. The van der Waals surface area contributed by atoms with Gasteiger partial charge in [0.1, 0.15) is 6.61 Å². The number of non-ortho nitro benzene ring substituents is 1. The molecule has 1 N–H and O–H groups in total. The highest BCUT2D eigenvalue weighted by Gasteiger charge is 2.10. The molecule has 114 valence electrons. The maximum atomic E-state index is 11.7. The van der Waals surface area contributed by atoms with Crippen molar-refractivity contribution >= 4 is 17.5 Å². The van der Waals surface area contributed by atoms with Crippen LogP contribution in [-0.2, 0) is 11.3 Å².